The van der Waals surface area contributed by atoms with E-state index >= 15 is 0 Å². The van der Waals surface area contributed by atoms with Crippen LogP contribution in [0.25, 0.3) is 0 Å². The highest BCUT2D eigenvalue weighted by Crippen LogP contribution is 2.30. The smallest absolute Gasteiger partial charge is 0.312 e. The largest absolute Gasteiger partial charge is 0.332 e. The van der Waals surface area contributed by atoms with Gasteiger partial charge in [-0.3, -0.25) is 9.59 Å². The van der Waals surface area contributed by atoms with Crippen LogP contribution in [-0.4, -0.2) is 47.8 Å². The summed E-state index contributed by atoms with van der Waals surface area (Å²) in [6.45, 7) is 7.04. The minimum atomic E-state index is -0.305. The molecule has 16 heavy (non-hydrogen) atoms. The van der Waals surface area contributed by atoms with Crippen LogP contribution in [0.4, 0.5) is 0 Å². The Labute approximate surface area is 96.6 Å². The predicted octanol–water partition coefficient (Wildman–Crippen LogP) is 0.723. The van der Waals surface area contributed by atoms with Crippen LogP contribution >= 0.6 is 0 Å². The van der Waals surface area contributed by atoms with Crippen LogP contribution in [0, 0.1) is 11.8 Å². The van der Waals surface area contributed by atoms with Crippen molar-refractivity contribution in [3.8, 4) is 0 Å². The Bertz CT molecular complexity index is 275. The summed E-state index contributed by atoms with van der Waals surface area (Å²) in [5, 5.41) is 0. The summed E-state index contributed by atoms with van der Waals surface area (Å²) in [5.41, 5.74) is 0. The maximum Gasteiger partial charge on any atom is 0.312 e. The molecule has 1 heterocycles. The number of nitrogens with zero attached hydrogens (tertiary/aromatic N) is 2. The Morgan fingerprint density at radius 2 is 1.69 bits per heavy atom. The van der Waals surface area contributed by atoms with Gasteiger partial charge in [0, 0.05) is 26.2 Å². The van der Waals surface area contributed by atoms with Crippen molar-refractivity contribution in [3.63, 3.8) is 0 Å². The van der Waals surface area contributed by atoms with E-state index in [-0.39, 0.29) is 11.8 Å². The Balaban J connectivity index is 1.91. The maximum absolute atomic E-state index is 11.8. The molecule has 1 saturated heterocycles. The van der Waals surface area contributed by atoms with E-state index in [4.69, 9.17) is 0 Å². The molecular formula is C12H20N2O2. The molecular weight excluding hydrogens is 204 g/mol. The average molecular weight is 224 g/mol. The lowest BCUT2D eigenvalue weighted by Gasteiger charge is -2.34. The second-order valence-electron chi connectivity index (χ2n) is 5.34. The minimum absolute atomic E-state index is 0.293. The van der Waals surface area contributed by atoms with Crippen molar-refractivity contribution in [2.45, 2.75) is 26.7 Å². The summed E-state index contributed by atoms with van der Waals surface area (Å²) < 4.78 is 0. The normalized spacial score (nSPS) is 22.2. The zero-order valence-corrected chi connectivity index (χ0v) is 10.1. The van der Waals surface area contributed by atoms with Crippen molar-refractivity contribution in [2.75, 3.05) is 26.2 Å². The van der Waals surface area contributed by atoms with Crippen molar-refractivity contribution in [1.82, 2.24) is 9.80 Å². The number of rotatable bonds is 4. The van der Waals surface area contributed by atoms with Crippen molar-refractivity contribution in [3.05, 3.63) is 0 Å². The highest BCUT2D eigenvalue weighted by atomic mass is 16.2. The Hall–Kier alpha value is -1.06. The van der Waals surface area contributed by atoms with Gasteiger partial charge < -0.3 is 9.80 Å². The van der Waals surface area contributed by atoms with Gasteiger partial charge in [0.2, 0.25) is 0 Å². The van der Waals surface area contributed by atoms with E-state index in [0.717, 1.165) is 6.54 Å². The first-order valence-corrected chi connectivity index (χ1v) is 6.16. The van der Waals surface area contributed by atoms with Gasteiger partial charge in [-0.1, -0.05) is 13.8 Å². The number of carbonyl (C=O) groups excluding carboxylic acids is 2. The Kier molecular flexibility index (Phi) is 3.17. The average Bonchev–Trinajstić information content (AvgIpc) is 3.01. The fraction of sp³-hybridized carbons (Fsp3) is 0.833. The van der Waals surface area contributed by atoms with Gasteiger partial charge in [0.15, 0.2) is 0 Å². The number of amides is 2. The summed E-state index contributed by atoms with van der Waals surface area (Å²) in [4.78, 5) is 27.0. The highest BCUT2D eigenvalue weighted by Gasteiger charge is 2.35. The molecule has 0 aromatic heterocycles. The van der Waals surface area contributed by atoms with Gasteiger partial charge in [0.25, 0.3) is 0 Å². The van der Waals surface area contributed by atoms with Crippen molar-refractivity contribution in [2.24, 2.45) is 11.8 Å². The first-order chi connectivity index (χ1) is 7.58. The lowest BCUT2D eigenvalue weighted by molar-refractivity contribution is -0.156. The molecule has 0 atom stereocenters. The summed E-state index contributed by atoms with van der Waals surface area (Å²) in [6, 6.07) is 0. The molecule has 1 aliphatic heterocycles. The predicted molar refractivity (Wildman–Crippen MR) is 60.7 cm³/mol. The number of hydrogen-bond donors (Lipinski definition) is 0. The van der Waals surface area contributed by atoms with Crippen LogP contribution in [0.2, 0.25) is 0 Å². The molecule has 2 rings (SSSR count). The SMILES string of the molecule is CC(C)CN1CCN(CC2CC2)C(=O)C1=O. The molecule has 4 heteroatoms. The number of hydrogen-bond acceptors (Lipinski definition) is 2. The van der Waals surface area contributed by atoms with Crippen LogP contribution < -0.4 is 0 Å². The zero-order valence-electron chi connectivity index (χ0n) is 10.1. The van der Waals surface area contributed by atoms with Crippen molar-refractivity contribution >= 4 is 11.8 Å². The van der Waals surface area contributed by atoms with Gasteiger partial charge >= 0.3 is 11.8 Å². The van der Waals surface area contributed by atoms with Gasteiger partial charge in [0.1, 0.15) is 0 Å². The Morgan fingerprint density at radius 1 is 1.12 bits per heavy atom. The number of carbonyl (C=O) groups is 2. The monoisotopic (exact) mass is 224 g/mol. The van der Waals surface area contributed by atoms with Crippen LogP contribution in [0.3, 0.4) is 0 Å². The van der Waals surface area contributed by atoms with Crippen molar-refractivity contribution < 1.29 is 9.59 Å². The van der Waals surface area contributed by atoms with E-state index in [1.807, 2.05) is 0 Å². The van der Waals surface area contributed by atoms with Crippen LogP contribution in [0.5, 0.6) is 0 Å². The lowest BCUT2D eigenvalue weighted by atomic mass is 10.2. The summed E-state index contributed by atoms with van der Waals surface area (Å²) in [7, 11) is 0. The minimum Gasteiger partial charge on any atom is -0.332 e. The standard InChI is InChI=1S/C12H20N2O2/c1-9(2)7-13-5-6-14(8-10-3-4-10)12(16)11(13)15/h9-10H,3-8H2,1-2H3. The molecule has 0 N–H and O–H groups in total. The summed E-state index contributed by atoms with van der Waals surface area (Å²) in [6.07, 6.45) is 2.43. The van der Waals surface area contributed by atoms with Crippen LogP contribution in [0.15, 0.2) is 0 Å². The molecule has 0 aromatic carbocycles. The molecule has 4 nitrogen and oxygen atoms in total. The fourth-order valence-electron chi connectivity index (χ4n) is 2.12. The lowest BCUT2D eigenvalue weighted by Crippen LogP contribution is -2.55. The second-order valence-corrected chi connectivity index (χ2v) is 5.34. The van der Waals surface area contributed by atoms with Gasteiger partial charge in [-0.05, 0) is 24.7 Å². The molecule has 2 fully saturated rings. The zero-order chi connectivity index (χ0) is 11.7. The van der Waals surface area contributed by atoms with Crippen molar-refractivity contribution in [1.29, 1.82) is 0 Å². The van der Waals surface area contributed by atoms with Gasteiger partial charge in [-0.2, -0.15) is 0 Å². The molecule has 2 aliphatic rings. The molecule has 90 valence electrons. The van der Waals surface area contributed by atoms with Gasteiger partial charge in [-0.25, -0.2) is 0 Å². The first-order valence-electron chi connectivity index (χ1n) is 6.16. The fourth-order valence-corrected chi connectivity index (χ4v) is 2.12. The van der Waals surface area contributed by atoms with E-state index in [1.165, 1.54) is 12.8 Å². The summed E-state index contributed by atoms with van der Waals surface area (Å²) in [5.74, 6) is 0.486. The topological polar surface area (TPSA) is 40.6 Å². The third-order valence-electron chi connectivity index (χ3n) is 3.16. The third-order valence-corrected chi connectivity index (χ3v) is 3.16. The molecule has 0 aromatic rings. The molecule has 0 spiro atoms. The van der Waals surface area contributed by atoms with E-state index in [0.29, 0.717) is 31.5 Å². The quantitative estimate of drug-likeness (QED) is 0.660. The number of piperazine rings is 1. The molecule has 0 radical (unpaired) electrons. The summed E-state index contributed by atoms with van der Waals surface area (Å²) >= 11 is 0. The van der Waals surface area contributed by atoms with Gasteiger partial charge in [0.05, 0.1) is 0 Å². The van der Waals surface area contributed by atoms with Gasteiger partial charge in [-0.15, -0.1) is 0 Å². The first kappa shape index (κ1) is 11.4. The van der Waals surface area contributed by atoms with E-state index in [9.17, 15) is 9.59 Å². The molecule has 0 bridgehead atoms. The second kappa shape index (κ2) is 4.44. The van der Waals surface area contributed by atoms with E-state index in [1.54, 1.807) is 9.80 Å². The molecule has 1 aliphatic carbocycles. The highest BCUT2D eigenvalue weighted by molar-refractivity contribution is 6.35. The van der Waals surface area contributed by atoms with Crippen LogP contribution in [0.1, 0.15) is 26.7 Å². The van der Waals surface area contributed by atoms with E-state index < -0.39 is 0 Å². The van der Waals surface area contributed by atoms with E-state index in [2.05, 4.69) is 13.8 Å². The molecule has 0 unspecified atom stereocenters. The Morgan fingerprint density at radius 3 is 2.25 bits per heavy atom. The third kappa shape index (κ3) is 2.54. The molecule has 1 saturated carbocycles. The maximum atomic E-state index is 11.8. The van der Waals surface area contributed by atoms with Crippen LogP contribution in [-0.2, 0) is 9.59 Å². The molecule has 2 amide bonds.